The summed E-state index contributed by atoms with van der Waals surface area (Å²) in [5, 5.41) is 17.5. The number of amides is 1. The van der Waals surface area contributed by atoms with Gasteiger partial charge in [0.25, 0.3) is 5.91 Å². The topological polar surface area (TPSA) is 79.6 Å². The normalized spacial score (nSPS) is 15.1. The molecule has 156 valence electrons. The van der Waals surface area contributed by atoms with Gasteiger partial charge in [-0.15, -0.1) is 0 Å². The maximum atomic E-state index is 12.8. The minimum absolute atomic E-state index is 0.0220. The summed E-state index contributed by atoms with van der Waals surface area (Å²) >= 11 is 0. The average molecular weight is 406 g/mol. The fourth-order valence-electron chi connectivity index (χ4n) is 3.85. The van der Waals surface area contributed by atoms with Gasteiger partial charge in [0.15, 0.2) is 11.4 Å². The molecule has 1 atom stereocenters. The van der Waals surface area contributed by atoms with Crippen LogP contribution in [0.15, 0.2) is 60.8 Å². The fourth-order valence-corrected chi connectivity index (χ4v) is 3.85. The van der Waals surface area contributed by atoms with Crippen molar-refractivity contribution in [3.63, 3.8) is 0 Å². The van der Waals surface area contributed by atoms with Crippen molar-refractivity contribution < 1.29 is 14.6 Å². The van der Waals surface area contributed by atoms with Crippen LogP contribution < -0.4 is 10.1 Å². The number of carbonyl (C=O) groups is 1. The molecule has 0 spiro atoms. The summed E-state index contributed by atoms with van der Waals surface area (Å²) < 4.78 is 6.77. The molecule has 0 saturated carbocycles. The smallest absolute Gasteiger partial charge is 0.275 e. The highest BCUT2D eigenvalue weighted by molar-refractivity contribution is 5.94. The van der Waals surface area contributed by atoms with Crippen molar-refractivity contribution in [1.82, 2.24) is 20.0 Å². The third kappa shape index (κ3) is 4.31. The Kier molecular flexibility index (Phi) is 5.99. The molecule has 2 N–H and O–H groups in total. The molecule has 0 bridgehead atoms. The third-order valence-corrected chi connectivity index (χ3v) is 5.47. The maximum Gasteiger partial charge on any atom is 0.275 e. The summed E-state index contributed by atoms with van der Waals surface area (Å²) in [5.74, 6) is 0.276. The number of carbonyl (C=O) groups excluding carboxylic acids is 1. The second-order valence-corrected chi connectivity index (χ2v) is 7.39. The highest BCUT2D eigenvalue weighted by Crippen LogP contribution is 2.26. The number of nitrogens with one attached hydrogen (secondary N) is 1. The fraction of sp³-hybridized carbons (Fsp3) is 0.304. The van der Waals surface area contributed by atoms with Crippen LogP contribution >= 0.6 is 0 Å². The number of benzene rings is 2. The molecule has 1 aliphatic heterocycles. The standard InChI is InChI=1S/C23H26N4O3/c1-30-19-11-9-17(10-12-19)20(26-13-5-6-14-26)15-24-23(29)22-21(28)16-27(25-22)18-7-3-2-4-8-18/h2-4,7-12,16,20,28H,5-6,13-15H2,1H3,(H,24,29). The van der Waals surface area contributed by atoms with E-state index in [4.69, 9.17) is 4.74 Å². The number of hydrogen-bond acceptors (Lipinski definition) is 5. The van der Waals surface area contributed by atoms with Gasteiger partial charge in [-0.2, -0.15) is 5.10 Å². The van der Waals surface area contributed by atoms with E-state index in [0.29, 0.717) is 6.54 Å². The van der Waals surface area contributed by atoms with Crippen LogP contribution in [0.1, 0.15) is 34.9 Å². The minimum atomic E-state index is -0.389. The zero-order chi connectivity index (χ0) is 20.9. The lowest BCUT2D eigenvalue weighted by Gasteiger charge is -2.28. The van der Waals surface area contributed by atoms with Gasteiger partial charge in [-0.05, 0) is 55.8 Å². The zero-order valence-corrected chi connectivity index (χ0v) is 17.0. The van der Waals surface area contributed by atoms with E-state index >= 15 is 0 Å². The van der Waals surface area contributed by atoms with Gasteiger partial charge >= 0.3 is 0 Å². The molecule has 2 heterocycles. The maximum absolute atomic E-state index is 12.8. The lowest BCUT2D eigenvalue weighted by atomic mass is 10.1. The van der Waals surface area contributed by atoms with Crippen LogP contribution in [0.5, 0.6) is 11.5 Å². The Hall–Kier alpha value is -3.32. The van der Waals surface area contributed by atoms with E-state index < -0.39 is 0 Å². The SMILES string of the molecule is COc1ccc(C(CNC(=O)c2nn(-c3ccccc3)cc2O)N2CCCC2)cc1. The molecule has 1 amide bonds. The second kappa shape index (κ2) is 9.00. The molecule has 7 nitrogen and oxygen atoms in total. The average Bonchev–Trinajstić information content (AvgIpc) is 3.45. The van der Waals surface area contributed by atoms with Gasteiger partial charge in [0, 0.05) is 6.54 Å². The van der Waals surface area contributed by atoms with Crippen molar-refractivity contribution in [3.8, 4) is 17.2 Å². The molecular weight excluding hydrogens is 380 g/mol. The van der Waals surface area contributed by atoms with E-state index in [9.17, 15) is 9.90 Å². The first-order valence-corrected chi connectivity index (χ1v) is 10.2. The highest BCUT2D eigenvalue weighted by Gasteiger charge is 2.25. The van der Waals surface area contributed by atoms with E-state index in [1.807, 2.05) is 54.6 Å². The quantitative estimate of drug-likeness (QED) is 0.630. The highest BCUT2D eigenvalue weighted by atomic mass is 16.5. The summed E-state index contributed by atoms with van der Waals surface area (Å²) in [5.41, 5.74) is 1.92. The van der Waals surface area contributed by atoms with Crippen LogP contribution in [0, 0.1) is 0 Å². The molecule has 1 aliphatic rings. The van der Waals surface area contributed by atoms with E-state index in [1.54, 1.807) is 7.11 Å². The molecule has 7 heteroatoms. The van der Waals surface area contributed by atoms with Crippen molar-refractivity contribution in [3.05, 3.63) is 72.1 Å². The molecular formula is C23H26N4O3. The number of methoxy groups -OCH3 is 1. The number of nitrogens with zero attached hydrogens (tertiary/aromatic N) is 3. The minimum Gasteiger partial charge on any atom is -0.504 e. The molecule has 30 heavy (non-hydrogen) atoms. The Morgan fingerprint density at radius 2 is 1.83 bits per heavy atom. The number of aromatic hydroxyl groups is 1. The summed E-state index contributed by atoms with van der Waals surface area (Å²) in [6.45, 7) is 2.43. The van der Waals surface area contributed by atoms with Gasteiger partial charge in [-0.1, -0.05) is 30.3 Å². The first-order valence-electron chi connectivity index (χ1n) is 10.2. The predicted octanol–water partition coefficient (Wildman–Crippen LogP) is 3.15. The Morgan fingerprint density at radius 1 is 1.13 bits per heavy atom. The summed E-state index contributed by atoms with van der Waals surface area (Å²) in [4.78, 5) is 15.2. The molecule has 1 fully saturated rings. The summed E-state index contributed by atoms with van der Waals surface area (Å²) in [6.07, 6.45) is 3.76. The first kappa shape index (κ1) is 20.0. The van der Waals surface area contributed by atoms with E-state index in [-0.39, 0.29) is 23.4 Å². The Bertz CT molecular complexity index is 979. The van der Waals surface area contributed by atoms with Gasteiger partial charge in [0.05, 0.1) is 25.0 Å². The number of ether oxygens (including phenoxy) is 1. The zero-order valence-electron chi connectivity index (χ0n) is 17.0. The van der Waals surface area contributed by atoms with Crippen LogP contribution in [0.3, 0.4) is 0 Å². The van der Waals surface area contributed by atoms with E-state index in [1.165, 1.54) is 10.9 Å². The van der Waals surface area contributed by atoms with Crippen molar-refractivity contribution in [2.75, 3.05) is 26.7 Å². The number of para-hydroxylation sites is 1. The molecule has 4 rings (SSSR count). The molecule has 0 aliphatic carbocycles. The monoisotopic (exact) mass is 406 g/mol. The van der Waals surface area contributed by atoms with Gasteiger partial charge in [-0.25, -0.2) is 4.68 Å². The third-order valence-electron chi connectivity index (χ3n) is 5.47. The van der Waals surface area contributed by atoms with Gasteiger partial charge < -0.3 is 15.2 Å². The lowest BCUT2D eigenvalue weighted by Crippen LogP contribution is -2.37. The number of aromatic nitrogens is 2. The van der Waals surface area contributed by atoms with Crippen LogP contribution in [0.4, 0.5) is 0 Å². The second-order valence-electron chi connectivity index (χ2n) is 7.39. The lowest BCUT2D eigenvalue weighted by molar-refractivity contribution is 0.0930. The number of hydrogen-bond donors (Lipinski definition) is 2. The predicted molar refractivity (Wildman–Crippen MR) is 114 cm³/mol. The van der Waals surface area contributed by atoms with Gasteiger partial charge in [-0.3, -0.25) is 9.69 Å². The van der Waals surface area contributed by atoms with E-state index in [0.717, 1.165) is 42.9 Å². The van der Waals surface area contributed by atoms with Crippen LogP contribution in [-0.2, 0) is 0 Å². The Morgan fingerprint density at radius 3 is 2.50 bits per heavy atom. The molecule has 1 unspecified atom stereocenters. The molecule has 2 aromatic carbocycles. The number of likely N-dealkylation sites (tertiary alicyclic amines) is 1. The van der Waals surface area contributed by atoms with Gasteiger partial charge in [0.1, 0.15) is 5.75 Å². The van der Waals surface area contributed by atoms with Crippen LogP contribution in [-0.4, -0.2) is 52.4 Å². The van der Waals surface area contributed by atoms with Gasteiger partial charge in [0.2, 0.25) is 0 Å². The van der Waals surface area contributed by atoms with Crippen LogP contribution in [0.2, 0.25) is 0 Å². The molecule has 1 aromatic heterocycles. The molecule has 1 saturated heterocycles. The Labute approximate surface area is 175 Å². The van der Waals surface area contributed by atoms with Crippen molar-refractivity contribution in [2.24, 2.45) is 0 Å². The molecule has 0 radical (unpaired) electrons. The van der Waals surface area contributed by atoms with Crippen molar-refractivity contribution in [2.45, 2.75) is 18.9 Å². The van der Waals surface area contributed by atoms with Crippen molar-refractivity contribution >= 4 is 5.91 Å². The summed E-state index contributed by atoms with van der Waals surface area (Å²) in [7, 11) is 1.65. The van der Waals surface area contributed by atoms with Crippen molar-refractivity contribution in [1.29, 1.82) is 0 Å². The van der Waals surface area contributed by atoms with Crippen LogP contribution in [0.25, 0.3) is 5.69 Å². The molecule has 3 aromatic rings. The largest absolute Gasteiger partial charge is 0.504 e. The summed E-state index contributed by atoms with van der Waals surface area (Å²) in [6, 6.07) is 17.4. The number of rotatable bonds is 7. The first-order chi connectivity index (χ1) is 14.7. The van der Waals surface area contributed by atoms with E-state index in [2.05, 4.69) is 15.3 Å². The Balaban J connectivity index is 1.49.